The van der Waals surface area contributed by atoms with Gasteiger partial charge in [0.15, 0.2) is 6.29 Å². The molecule has 3 aromatic carbocycles. The molecule has 10 heteroatoms. The van der Waals surface area contributed by atoms with Crippen LogP contribution in [0.25, 0.3) is 10.2 Å². The van der Waals surface area contributed by atoms with Gasteiger partial charge in [0.2, 0.25) is 10.0 Å². The first-order valence-electron chi connectivity index (χ1n) is 11.6. The van der Waals surface area contributed by atoms with Gasteiger partial charge in [-0.25, -0.2) is 18.1 Å². The number of nitrogens with one attached hydrogen (secondary N) is 1. The van der Waals surface area contributed by atoms with Crippen LogP contribution in [0.15, 0.2) is 77.7 Å². The fourth-order valence-corrected chi connectivity index (χ4v) is 6.15. The van der Waals surface area contributed by atoms with Crippen LogP contribution in [-0.4, -0.2) is 40.5 Å². The third-order valence-corrected chi connectivity index (χ3v) is 8.29. The first kappa shape index (κ1) is 26.7. The highest BCUT2D eigenvalue weighted by atomic mass is 32.2. The number of nitriles is 1. The summed E-state index contributed by atoms with van der Waals surface area (Å²) in [5.74, 6) is 0.678. The van der Waals surface area contributed by atoms with Crippen LogP contribution in [0.5, 0.6) is 5.75 Å². The molecule has 0 amide bonds. The molecule has 0 saturated heterocycles. The zero-order chi connectivity index (χ0) is 26.3. The molecule has 8 nitrogen and oxygen atoms in total. The van der Waals surface area contributed by atoms with E-state index in [0.717, 1.165) is 15.8 Å². The summed E-state index contributed by atoms with van der Waals surface area (Å²) in [4.78, 5) is 4.91. The quantitative estimate of drug-likeness (QED) is 0.258. The summed E-state index contributed by atoms with van der Waals surface area (Å²) in [5, 5.41) is 9.91. The molecule has 0 radical (unpaired) electrons. The van der Waals surface area contributed by atoms with Crippen molar-refractivity contribution in [3.63, 3.8) is 0 Å². The SMILES string of the molecule is COC(CCOc1ccc2nc(C(Cc3cccc(C#N)c3)NS(=O)(=O)c3ccccc3)sc2c1)OC. The third kappa shape index (κ3) is 6.91. The van der Waals surface area contributed by atoms with Crippen molar-refractivity contribution < 1.29 is 22.6 Å². The molecule has 37 heavy (non-hydrogen) atoms. The maximum Gasteiger partial charge on any atom is 0.241 e. The molecule has 0 bridgehead atoms. The molecule has 0 saturated carbocycles. The summed E-state index contributed by atoms with van der Waals surface area (Å²) in [6.45, 7) is 0.415. The normalized spacial score (nSPS) is 12.5. The van der Waals surface area contributed by atoms with Crippen molar-refractivity contribution in [2.24, 2.45) is 0 Å². The lowest BCUT2D eigenvalue weighted by Crippen LogP contribution is -2.30. The molecule has 0 spiro atoms. The molecule has 0 aliphatic carbocycles. The molecule has 192 valence electrons. The van der Waals surface area contributed by atoms with Crippen molar-refractivity contribution in [1.29, 1.82) is 5.26 Å². The Bertz CT molecular complexity index is 1480. The zero-order valence-corrected chi connectivity index (χ0v) is 22.1. The highest BCUT2D eigenvalue weighted by Gasteiger charge is 2.25. The molecule has 0 aliphatic rings. The lowest BCUT2D eigenvalue weighted by atomic mass is 10.0. The molecule has 1 N–H and O–H groups in total. The second-order valence-electron chi connectivity index (χ2n) is 8.22. The molecule has 1 unspecified atom stereocenters. The van der Waals surface area contributed by atoms with E-state index in [9.17, 15) is 13.7 Å². The van der Waals surface area contributed by atoms with Crippen LogP contribution in [0.2, 0.25) is 0 Å². The fourth-order valence-electron chi connectivity index (χ4n) is 3.80. The maximum atomic E-state index is 13.2. The topological polar surface area (TPSA) is 111 Å². The minimum atomic E-state index is -3.81. The Kier molecular flexibility index (Phi) is 8.87. The average molecular weight is 538 g/mol. The maximum absolute atomic E-state index is 13.2. The summed E-state index contributed by atoms with van der Waals surface area (Å²) in [6, 6.07) is 22.4. The minimum absolute atomic E-state index is 0.174. The van der Waals surface area contributed by atoms with E-state index in [1.165, 1.54) is 11.3 Å². The number of hydrogen-bond acceptors (Lipinski definition) is 8. The monoisotopic (exact) mass is 537 g/mol. The van der Waals surface area contributed by atoms with Crippen LogP contribution in [0.4, 0.5) is 0 Å². The van der Waals surface area contributed by atoms with Gasteiger partial charge in [0.1, 0.15) is 10.8 Å². The molecule has 1 atom stereocenters. The number of thiazole rings is 1. The van der Waals surface area contributed by atoms with Crippen LogP contribution in [-0.2, 0) is 25.9 Å². The Morgan fingerprint density at radius 2 is 1.81 bits per heavy atom. The molecular formula is C27H27N3O5S2. The van der Waals surface area contributed by atoms with Crippen molar-refractivity contribution >= 4 is 31.6 Å². The van der Waals surface area contributed by atoms with Gasteiger partial charge in [-0.1, -0.05) is 30.3 Å². The van der Waals surface area contributed by atoms with E-state index in [2.05, 4.69) is 10.8 Å². The van der Waals surface area contributed by atoms with Gasteiger partial charge in [-0.15, -0.1) is 11.3 Å². The number of methoxy groups -OCH3 is 2. The van der Waals surface area contributed by atoms with Gasteiger partial charge in [0.05, 0.1) is 39.4 Å². The van der Waals surface area contributed by atoms with Gasteiger partial charge >= 0.3 is 0 Å². The summed E-state index contributed by atoms with van der Waals surface area (Å²) in [6.07, 6.45) is 0.571. The van der Waals surface area contributed by atoms with E-state index in [0.29, 0.717) is 35.8 Å². The smallest absolute Gasteiger partial charge is 0.241 e. The summed E-state index contributed by atoms with van der Waals surface area (Å²) >= 11 is 1.40. The average Bonchev–Trinajstić information content (AvgIpc) is 3.35. The highest BCUT2D eigenvalue weighted by Crippen LogP contribution is 2.32. The van der Waals surface area contributed by atoms with Crippen molar-refractivity contribution in [3.05, 3.63) is 88.9 Å². The third-order valence-electron chi connectivity index (χ3n) is 5.67. The molecule has 4 rings (SSSR count). The van der Waals surface area contributed by atoms with Gasteiger partial charge in [-0.05, 0) is 54.4 Å². The van der Waals surface area contributed by atoms with Crippen molar-refractivity contribution in [1.82, 2.24) is 9.71 Å². The van der Waals surface area contributed by atoms with Gasteiger partial charge in [-0.2, -0.15) is 5.26 Å². The number of sulfonamides is 1. The van der Waals surface area contributed by atoms with Crippen LogP contribution in [0.1, 0.15) is 28.6 Å². The highest BCUT2D eigenvalue weighted by molar-refractivity contribution is 7.89. The van der Waals surface area contributed by atoms with E-state index >= 15 is 0 Å². The Morgan fingerprint density at radius 1 is 1.03 bits per heavy atom. The molecular weight excluding hydrogens is 510 g/mol. The standard InChI is InChI=1S/C27H27N3O5S2/c1-33-26(34-2)13-14-35-21-11-12-23-25(17-21)36-27(29-23)24(16-19-7-6-8-20(15-19)18-28)30-37(31,32)22-9-4-3-5-10-22/h3-12,15,17,24,26,30H,13-14,16H2,1-2H3. The first-order chi connectivity index (χ1) is 17.9. The second kappa shape index (κ2) is 12.3. The van der Waals surface area contributed by atoms with Crippen molar-refractivity contribution in [2.45, 2.75) is 30.1 Å². The van der Waals surface area contributed by atoms with Gasteiger partial charge in [0, 0.05) is 20.6 Å². The first-order valence-corrected chi connectivity index (χ1v) is 13.9. The largest absolute Gasteiger partial charge is 0.493 e. The number of hydrogen-bond donors (Lipinski definition) is 1. The van der Waals surface area contributed by atoms with Crippen LogP contribution in [0, 0.1) is 11.3 Å². The molecule has 0 fully saturated rings. The Balaban J connectivity index is 1.61. The lowest BCUT2D eigenvalue weighted by Gasteiger charge is -2.17. The molecule has 0 aliphatic heterocycles. The van der Waals surface area contributed by atoms with Gasteiger partial charge in [0.25, 0.3) is 0 Å². The van der Waals surface area contributed by atoms with Crippen molar-refractivity contribution in [2.75, 3.05) is 20.8 Å². The Hall–Kier alpha value is -3.33. The second-order valence-corrected chi connectivity index (χ2v) is 11.0. The predicted octanol–water partition coefficient (Wildman–Crippen LogP) is 4.82. The van der Waals surface area contributed by atoms with E-state index < -0.39 is 16.1 Å². The van der Waals surface area contributed by atoms with E-state index in [4.69, 9.17) is 19.2 Å². The van der Waals surface area contributed by atoms with Crippen LogP contribution in [0.3, 0.4) is 0 Å². The molecule has 1 aromatic heterocycles. The number of rotatable bonds is 12. The summed E-state index contributed by atoms with van der Waals surface area (Å²) < 4.78 is 46.3. The zero-order valence-electron chi connectivity index (χ0n) is 20.5. The van der Waals surface area contributed by atoms with Gasteiger partial charge in [-0.3, -0.25) is 0 Å². The number of nitrogens with zero attached hydrogens (tertiary/aromatic N) is 2. The van der Waals surface area contributed by atoms with Gasteiger partial charge < -0.3 is 14.2 Å². The van der Waals surface area contributed by atoms with E-state index in [1.54, 1.807) is 62.8 Å². The van der Waals surface area contributed by atoms with E-state index in [1.807, 2.05) is 24.3 Å². The Labute approximate surface area is 220 Å². The summed E-state index contributed by atoms with van der Waals surface area (Å²) in [7, 11) is -0.648. The molecule has 4 aromatic rings. The van der Waals surface area contributed by atoms with E-state index in [-0.39, 0.29) is 11.2 Å². The number of benzene rings is 3. The number of fused-ring (bicyclic) bond motifs is 1. The summed E-state index contributed by atoms with van der Waals surface area (Å²) in [5.41, 5.74) is 2.08. The fraction of sp³-hybridized carbons (Fsp3) is 0.259. The Morgan fingerprint density at radius 3 is 2.54 bits per heavy atom. The lowest BCUT2D eigenvalue weighted by molar-refractivity contribution is -0.110. The van der Waals surface area contributed by atoms with Crippen LogP contribution >= 0.6 is 11.3 Å². The minimum Gasteiger partial charge on any atom is -0.493 e. The van der Waals surface area contributed by atoms with Crippen LogP contribution < -0.4 is 9.46 Å². The number of aromatic nitrogens is 1. The van der Waals surface area contributed by atoms with Crippen molar-refractivity contribution in [3.8, 4) is 11.8 Å². The number of ether oxygens (including phenoxy) is 3. The molecule has 1 heterocycles. The predicted molar refractivity (Wildman–Crippen MR) is 142 cm³/mol.